The van der Waals surface area contributed by atoms with E-state index in [2.05, 4.69) is 15.3 Å². The standard InChI is InChI=1S/C13H15N3O/c1-2-6-12-11(5-1)14-9-13(16-12)15-8-10-4-3-7-17-10/h1-2,5-6,9-10H,3-4,7-8H2,(H,15,16)/t10-/m1/s1. The summed E-state index contributed by atoms with van der Waals surface area (Å²) in [5.74, 6) is 0.819. The SMILES string of the molecule is c1ccc2nc(NC[C@H]3CCCO3)cnc2c1. The van der Waals surface area contributed by atoms with Crippen molar-refractivity contribution in [3.63, 3.8) is 0 Å². The van der Waals surface area contributed by atoms with E-state index in [4.69, 9.17) is 4.74 Å². The van der Waals surface area contributed by atoms with Gasteiger partial charge in [0.05, 0.1) is 23.3 Å². The van der Waals surface area contributed by atoms with Gasteiger partial charge >= 0.3 is 0 Å². The fraction of sp³-hybridized carbons (Fsp3) is 0.385. The molecule has 88 valence electrons. The van der Waals surface area contributed by atoms with Crippen LogP contribution in [0.5, 0.6) is 0 Å². The number of nitrogens with zero attached hydrogens (tertiary/aromatic N) is 2. The molecule has 1 aromatic carbocycles. The average Bonchev–Trinajstić information content (AvgIpc) is 2.89. The number of aromatic nitrogens is 2. The van der Waals surface area contributed by atoms with E-state index in [-0.39, 0.29) is 0 Å². The molecule has 0 unspecified atom stereocenters. The van der Waals surface area contributed by atoms with E-state index in [9.17, 15) is 0 Å². The predicted octanol–water partition coefficient (Wildman–Crippen LogP) is 2.22. The minimum atomic E-state index is 0.322. The number of fused-ring (bicyclic) bond motifs is 1. The summed E-state index contributed by atoms with van der Waals surface area (Å²) in [6.07, 6.45) is 4.39. The highest BCUT2D eigenvalue weighted by atomic mass is 16.5. The Morgan fingerprint density at radius 3 is 3.00 bits per heavy atom. The van der Waals surface area contributed by atoms with Crippen LogP contribution in [0.4, 0.5) is 5.82 Å². The summed E-state index contributed by atoms with van der Waals surface area (Å²) in [5.41, 5.74) is 1.85. The van der Waals surface area contributed by atoms with Gasteiger partial charge in [0.25, 0.3) is 0 Å². The first-order chi connectivity index (χ1) is 8.42. The largest absolute Gasteiger partial charge is 0.376 e. The molecule has 3 rings (SSSR count). The summed E-state index contributed by atoms with van der Waals surface area (Å²) in [5, 5.41) is 3.28. The van der Waals surface area contributed by atoms with Gasteiger partial charge in [-0.1, -0.05) is 12.1 Å². The van der Waals surface area contributed by atoms with Crippen molar-refractivity contribution in [2.45, 2.75) is 18.9 Å². The first-order valence-electron chi connectivity index (χ1n) is 5.99. The van der Waals surface area contributed by atoms with Crippen LogP contribution < -0.4 is 5.32 Å². The zero-order valence-corrected chi connectivity index (χ0v) is 9.60. The molecular weight excluding hydrogens is 214 g/mol. The van der Waals surface area contributed by atoms with Crippen molar-refractivity contribution in [2.24, 2.45) is 0 Å². The third-order valence-corrected chi connectivity index (χ3v) is 2.98. The van der Waals surface area contributed by atoms with Crippen molar-refractivity contribution >= 4 is 16.9 Å². The molecule has 1 atom stereocenters. The maximum Gasteiger partial charge on any atom is 0.145 e. The van der Waals surface area contributed by atoms with Crippen LogP contribution in [0, 0.1) is 0 Å². The number of ether oxygens (including phenoxy) is 1. The second-order valence-corrected chi connectivity index (χ2v) is 4.26. The van der Waals surface area contributed by atoms with Gasteiger partial charge in [0.15, 0.2) is 0 Å². The minimum absolute atomic E-state index is 0.322. The van der Waals surface area contributed by atoms with Gasteiger partial charge < -0.3 is 10.1 Å². The highest BCUT2D eigenvalue weighted by Gasteiger charge is 2.14. The van der Waals surface area contributed by atoms with E-state index in [1.165, 1.54) is 0 Å². The first-order valence-corrected chi connectivity index (χ1v) is 5.99. The van der Waals surface area contributed by atoms with Crippen molar-refractivity contribution < 1.29 is 4.74 Å². The van der Waals surface area contributed by atoms with Crippen molar-refractivity contribution in [3.05, 3.63) is 30.5 Å². The van der Waals surface area contributed by atoms with Crippen LogP contribution in [-0.4, -0.2) is 29.2 Å². The monoisotopic (exact) mass is 229 g/mol. The topological polar surface area (TPSA) is 47.0 Å². The average molecular weight is 229 g/mol. The van der Waals surface area contributed by atoms with E-state index in [1.807, 2.05) is 24.3 Å². The molecule has 0 radical (unpaired) electrons. The van der Waals surface area contributed by atoms with Gasteiger partial charge in [0.1, 0.15) is 5.82 Å². The van der Waals surface area contributed by atoms with Crippen LogP contribution in [0.2, 0.25) is 0 Å². The lowest BCUT2D eigenvalue weighted by molar-refractivity contribution is 0.120. The summed E-state index contributed by atoms with van der Waals surface area (Å²) in [6.45, 7) is 1.70. The summed E-state index contributed by atoms with van der Waals surface area (Å²) in [7, 11) is 0. The van der Waals surface area contributed by atoms with E-state index in [1.54, 1.807) is 6.20 Å². The lowest BCUT2D eigenvalue weighted by Crippen LogP contribution is -2.19. The number of hydrogen-bond donors (Lipinski definition) is 1. The van der Waals surface area contributed by atoms with Crippen LogP contribution in [0.25, 0.3) is 11.0 Å². The van der Waals surface area contributed by atoms with Gasteiger partial charge in [-0.15, -0.1) is 0 Å². The van der Waals surface area contributed by atoms with Crippen LogP contribution >= 0.6 is 0 Å². The van der Waals surface area contributed by atoms with Crippen molar-refractivity contribution in [1.82, 2.24) is 9.97 Å². The van der Waals surface area contributed by atoms with E-state index in [0.717, 1.165) is 42.8 Å². The Morgan fingerprint density at radius 1 is 1.29 bits per heavy atom. The molecule has 0 saturated carbocycles. The second kappa shape index (κ2) is 4.67. The Labute approximate surface area is 100 Å². The highest BCUT2D eigenvalue weighted by molar-refractivity contribution is 5.75. The minimum Gasteiger partial charge on any atom is -0.376 e. The maximum absolute atomic E-state index is 5.55. The van der Waals surface area contributed by atoms with Gasteiger partial charge in [-0.3, -0.25) is 4.98 Å². The Balaban J connectivity index is 1.72. The van der Waals surface area contributed by atoms with Gasteiger partial charge in [0.2, 0.25) is 0 Å². The van der Waals surface area contributed by atoms with Crippen molar-refractivity contribution in [3.8, 4) is 0 Å². The van der Waals surface area contributed by atoms with Gasteiger partial charge in [-0.25, -0.2) is 4.98 Å². The Hall–Kier alpha value is -1.68. The summed E-state index contributed by atoms with van der Waals surface area (Å²) in [4.78, 5) is 8.87. The van der Waals surface area contributed by atoms with Crippen LogP contribution in [-0.2, 0) is 4.74 Å². The molecule has 0 aliphatic carbocycles. The summed E-state index contributed by atoms with van der Waals surface area (Å²) in [6, 6.07) is 7.88. The van der Waals surface area contributed by atoms with Gasteiger partial charge in [0, 0.05) is 13.2 Å². The molecule has 1 N–H and O–H groups in total. The second-order valence-electron chi connectivity index (χ2n) is 4.26. The van der Waals surface area contributed by atoms with Crippen LogP contribution in [0.3, 0.4) is 0 Å². The number of hydrogen-bond acceptors (Lipinski definition) is 4. The smallest absolute Gasteiger partial charge is 0.145 e. The summed E-state index contributed by atoms with van der Waals surface area (Å²) < 4.78 is 5.55. The highest BCUT2D eigenvalue weighted by Crippen LogP contribution is 2.14. The lowest BCUT2D eigenvalue weighted by atomic mass is 10.2. The Kier molecular flexibility index (Phi) is 2.88. The molecule has 1 saturated heterocycles. The Morgan fingerprint density at radius 2 is 2.18 bits per heavy atom. The molecule has 1 fully saturated rings. The fourth-order valence-corrected chi connectivity index (χ4v) is 2.07. The van der Waals surface area contributed by atoms with Gasteiger partial charge in [-0.2, -0.15) is 0 Å². The molecule has 2 heterocycles. The molecule has 0 amide bonds. The van der Waals surface area contributed by atoms with Crippen molar-refractivity contribution in [1.29, 1.82) is 0 Å². The maximum atomic E-state index is 5.55. The molecule has 0 spiro atoms. The molecule has 1 aliphatic rings. The molecule has 17 heavy (non-hydrogen) atoms. The number of anilines is 1. The zero-order chi connectivity index (χ0) is 11.5. The third-order valence-electron chi connectivity index (χ3n) is 2.98. The lowest BCUT2D eigenvalue weighted by Gasteiger charge is -2.11. The molecule has 2 aromatic rings. The Bertz CT molecular complexity index is 509. The molecule has 0 bridgehead atoms. The number of benzene rings is 1. The molecule has 4 heteroatoms. The van der Waals surface area contributed by atoms with E-state index in [0.29, 0.717) is 6.10 Å². The van der Waals surface area contributed by atoms with Gasteiger partial charge in [-0.05, 0) is 25.0 Å². The molecule has 1 aromatic heterocycles. The molecule has 4 nitrogen and oxygen atoms in total. The van der Waals surface area contributed by atoms with E-state index >= 15 is 0 Å². The summed E-state index contributed by atoms with van der Waals surface area (Å²) >= 11 is 0. The van der Waals surface area contributed by atoms with Crippen molar-refractivity contribution in [2.75, 3.05) is 18.5 Å². The quantitative estimate of drug-likeness (QED) is 0.876. The van der Waals surface area contributed by atoms with Crippen LogP contribution in [0.15, 0.2) is 30.5 Å². The fourth-order valence-electron chi connectivity index (χ4n) is 2.07. The number of nitrogens with one attached hydrogen (secondary N) is 1. The number of para-hydroxylation sites is 2. The molecule has 1 aliphatic heterocycles. The number of rotatable bonds is 3. The molecular formula is C13H15N3O. The van der Waals surface area contributed by atoms with E-state index < -0.39 is 0 Å². The third kappa shape index (κ3) is 2.36. The zero-order valence-electron chi connectivity index (χ0n) is 9.60. The van der Waals surface area contributed by atoms with Crippen LogP contribution in [0.1, 0.15) is 12.8 Å². The normalized spacial score (nSPS) is 19.6. The predicted molar refractivity (Wildman–Crippen MR) is 67.0 cm³/mol. The first kappa shape index (κ1) is 10.5.